The van der Waals surface area contributed by atoms with E-state index in [0.29, 0.717) is 36.5 Å². The van der Waals surface area contributed by atoms with E-state index in [9.17, 15) is 0 Å². The minimum atomic E-state index is 0.509. The van der Waals surface area contributed by atoms with Crippen LogP contribution in [0.4, 0.5) is 0 Å². The van der Waals surface area contributed by atoms with Crippen molar-refractivity contribution in [2.24, 2.45) is 0 Å². The number of halogens is 2. The zero-order chi connectivity index (χ0) is 40.1. The Hall–Kier alpha value is -2.04. The van der Waals surface area contributed by atoms with E-state index >= 15 is 0 Å². The summed E-state index contributed by atoms with van der Waals surface area (Å²) in [5.74, 6) is 3.22. The Morgan fingerprint density at radius 2 is 0.589 bits per heavy atom. The molecule has 0 aliphatic heterocycles. The summed E-state index contributed by atoms with van der Waals surface area (Å²) in [5.41, 5.74) is 0. The molecule has 0 radical (unpaired) electrons. The van der Waals surface area contributed by atoms with E-state index in [0.717, 1.165) is 83.1 Å². The van der Waals surface area contributed by atoms with Gasteiger partial charge in [-0.15, -0.1) is 0 Å². The van der Waals surface area contributed by atoms with Crippen LogP contribution in [0.25, 0.3) is 21.5 Å². The number of hydrogen-bond acceptors (Lipinski definition) is 4. The molecule has 0 saturated heterocycles. The molecule has 3 rings (SSSR count). The van der Waals surface area contributed by atoms with Crippen LogP contribution in [0.15, 0.2) is 24.3 Å². The third kappa shape index (κ3) is 17.8. The first kappa shape index (κ1) is 48.3. The molecular weight excluding hydrogens is 735 g/mol. The molecule has 6 heteroatoms. The van der Waals surface area contributed by atoms with Crippen molar-refractivity contribution in [1.82, 2.24) is 0 Å². The van der Waals surface area contributed by atoms with Gasteiger partial charge in [0.15, 0.2) is 0 Å². The number of fused-ring (bicyclic) bond motifs is 2. The van der Waals surface area contributed by atoms with Crippen molar-refractivity contribution < 1.29 is 18.9 Å². The fourth-order valence-corrected chi connectivity index (χ4v) is 8.02. The van der Waals surface area contributed by atoms with Crippen LogP contribution in [-0.2, 0) is 0 Å². The smallest absolute Gasteiger partial charge is 0.139 e. The number of benzene rings is 3. The molecule has 0 aliphatic rings. The van der Waals surface area contributed by atoms with E-state index in [1.165, 1.54) is 141 Å². The summed E-state index contributed by atoms with van der Waals surface area (Å²) in [7, 11) is 0. The summed E-state index contributed by atoms with van der Waals surface area (Å²) in [6.07, 6.45) is 34.5. The number of hydrogen-bond donors (Lipinski definition) is 0. The molecule has 3 aromatic carbocycles. The molecule has 0 amide bonds. The van der Waals surface area contributed by atoms with Gasteiger partial charge in [-0.2, -0.15) is 0 Å². The molecule has 0 unspecified atom stereocenters. The highest BCUT2D eigenvalue weighted by molar-refractivity contribution is 6.43. The Labute approximate surface area is 353 Å². The molecule has 0 saturated carbocycles. The second kappa shape index (κ2) is 31.0. The third-order valence-corrected chi connectivity index (χ3v) is 11.9. The lowest BCUT2D eigenvalue weighted by Gasteiger charge is -2.22. The van der Waals surface area contributed by atoms with Gasteiger partial charge < -0.3 is 18.9 Å². The zero-order valence-corrected chi connectivity index (χ0v) is 37.8. The van der Waals surface area contributed by atoms with Crippen molar-refractivity contribution in [1.29, 1.82) is 0 Å². The maximum Gasteiger partial charge on any atom is 0.139 e. The maximum absolute atomic E-state index is 6.87. The van der Waals surface area contributed by atoms with Gasteiger partial charge in [-0.25, -0.2) is 0 Å². The molecule has 318 valence electrons. The molecule has 4 nitrogen and oxygen atoms in total. The average Bonchev–Trinajstić information content (AvgIpc) is 3.20. The van der Waals surface area contributed by atoms with E-state index in [1.54, 1.807) is 0 Å². The van der Waals surface area contributed by atoms with Crippen LogP contribution >= 0.6 is 23.2 Å². The fourth-order valence-electron chi connectivity index (χ4n) is 7.70. The first-order chi connectivity index (χ1) is 27.6. The van der Waals surface area contributed by atoms with Crippen LogP contribution in [0.5, 0.6) is 23.0 Å². The summed E-state index contributed by atoms with van der Waals surface area (Å²) in [4.78, 5) is 0. The van der Waals surface area contributed by atoms with Crippen molar-refractivity contribution in [3.63, 3.8) is 0 Å². The predicted molar refractivity (Wildman–Crippen MR) is 245 cm³/mol. The predicted octanol–water partition coefficient (Wildman–Crippen LogP) is 17.8. The van der Waals surface area contributed by atoms with Crippen molar-refractivity contribution >= 4 is 44.7 Å². The Morgan fingerprint density at radius 1 is 0.339 bits per heavy atom. The summed E-state index contributed by atoms with van der Waals surface area (Å²) in [5, 5.41) is 4.69. The van der Waals surface area contributed by atoms with Gasteiger partial charge in [0.1, 0.15) is 23.0 Å². The summed E-state index contributed by atoms with van der Waals surface area (Å²) in [6.45, 7) is 11.6. The Bertz CT molecular complexity index is 1350. The number of unbranched alkanes of at least 4 members (excludes halogenated alkanes) is 24. The normalized spacial score (nSPS) is 11.5. The maximum atomic E-state index is 6.87. The van der Waals surface area contributed by atoms with Crippen molar-refractivity contribution in [2.75, 3.05) is 26.4 Å². The highest BCUT2D eigenvalue weighted by Gasteiger charge is 2.25. The number of ether oxygens (including phenoxy) is 4. The molecule has 0 fully saturated rings. The highest BCUT2D eigenvalue weighted by Crippen LogP contribution is 2.51. The van der Waals surface area contributed by atoms with Crippen LogP contribution in [-0.4, -0.2) is 26.4 Å². The summed E-state index contributed by atoms with van der Waals surface area (Å²) < 4.78 is 27.2. The average molecular weight is 816 g/mol. The first-order valence-electron chi connectivity index (χ1n) is 23.5. The molecule has 0 aliphatic carbocycles. The van der Waals surface area contributed by atoms with E-state index in [1.807, 2.05) is 12.1 Å². The van der Waals surface area contributed by atoms with E-state index in [2.05, 4.69) is 39.8 Å². The van der Waals surface area contributed by atoms with Crippen LogP contribution in [0, 0.1) is 0 Å². The van der Waals surface area contributed by atoms with Gasteiger partial charge in [-0.3, -0.25) is 0 Å². The number of rotatable bonds is 36. The molecule has 0 spiro atoms. The molecule has 0 heterocycles. The molecule has 3 aromatic rings. The van der Waals surface area contributed by atoms with Gasteiger partial charge in [0.05, 0.1) is 47.2 Å². The second-order valence-electron chi connectivity index (χ2n) is 16.2. The third-order valence-electron chi connectivity index (χ3n) is 11.1. The van der Waals surface area contributed by atoms with E-state index in [4.69, 9.17) is 42.1 Å². The molecule has 56 heavy (non-hydrogen) atoms. The monoisotopic (exact) mass is 815 g/mol. The molecule has 0 atom stereocenters. The lowest BCUT2D eigenvalue weighted by atomic mass is 9.98. The quantitative estimate of drug-likeness (QED) is 0.0433. The van der Waals surface area contributed by atoms with Crippen molar-refractivity contribution in [3.05, 3.63) is 34.3 Å². The minimum Gasteiger partial charge on any atom is -0.493 e. The van der Waals surface area contributed by atoms with Gasteiger partial charge in [-0.05, 0) is 49.9 Å². The lowest BCUT2D eigenvalue weighted by molar-refractivity contribution is 0.290. The second-order valence-corrected chi connectivity index (χ2v) is 17.0. The van der Waals surface area contributed by atoms with Gasteiger partial charge >= 0.3 is 0 Å². The molecule has 0 aromatic heterocycles. The van der Waals surface area contributed by atoms with Crippen LogP contribution in [0.3, 0.4) is 0 Å². The Balaban J connectivity index is 2.01. The van der Waals surface area contributed by atoms with Crippen LogP contribution < -0.4 is 18.9 Å². The largest absolute Gasteiger partial charge is 0.493 e. The zero-order valence-electron chi connectivity index (χ0n) is 36.3. The molecule has 0 N–H and O–H groups in total. The van der Waals surface area contributed by atoms with E-state index < -0.39 is 0 Å². The molecule has 0 bridgehead atoms. The van der Waals surface area contributed by atoms with Gasteiger partial charge in [0.2, 0.25) is 0 Å². The highest BCUT2D eigenvalue weighted by atomic mass is 35.5. The summed E-state index contributed by atoms with van der Waals surface area (Å²) >= 11 is 13.6. The van der Waals surface area contributed by atoms with E-state index in [-0.39, 0.29) is 0 Å². The van der Waals surface area contributed by atoms with Crippen LogP contribution in [0.2, 0.25) is 10.0 Å². The van der Waals surface area contributed by atoms with Gasteiger partial charge in [0.25, 0.3) is 0 Å². The van der Waals surface area contributed by atoms with Crippen molar-refractivity contribution in [2.45, 2.75) is 207 Å². The lowest BCUT2D eigenvalue weighted by Crippen LogP contribution is -2.06. The Morgan fingerprint density at radius 3 is 0.875 bits per heavy atom. The van der Waals surface area contributed by atoms with Crippen molar-refractivity contribution in [3.8, 4) is 23.0 Å². The van der Waals surface area contributed by atoms with Gasteiger partial charge in [0, 0.05) is 10.8 Å². The fraction of sp³-hybridized carbons (Fsp3) is 0.720. The van der Waals surface area contributed by atoms with Gasteiger partial charge in [-0.1, -0.05) is 205 Å². The molecular formula is C50H80Cl2O4. The minimum absolute atomic E-state index is 0.509. The SMILES string of the molecule is CCCCCCCCCOc1ccc(OCCCCCCCCC)c2c(OCCCCCCCCC)c3cc(Cl)c(Cl)cc3c(OCCCCCCCCC)c12. The first-order valence-corrected chi connectivity index (χ1v) is 24.2. The standard InChI is InChI=1S/C50H80Cl2O4/c1-5-9-13-17-21-25-29-35-53-45-33-34-46(54-36-30-26-22-18-14-10-6-2)48-47(45)49(55-37-31-27-23-19-15-11-7-3)41-39-43(51)44(52)40-42(41)50(48)56-38-32-28-24-20-16-12-8-4/h33-34,39-40H,5-32,35-38H2,1-4H3. The van der Waals surface area contributed by atoms with Crippen LogP contribution in [0.1, 0.15) is 207 Å². The topological polar surface area (TPSA) is 36.9 Å². The summed E-state index contributed by atoms with van der Waals surface area (Å²) in [6, 6.07) is 8.11. The Kier molecular flexibility index (Phi) is 26.7.